The Labute approximate surface area is 259 Å². The Hall–Kier alpha value is -5.27. The zero-order valence-electron chi connectivity index (χ0n) is 24.4. The molecule has 0 radical (unpaired) electrons. The van der Waals surface area contributed by atoms with E-state index in [9.17, 15) is 4.79 Å². The molecule has 1 aliphatic heterocycles. The Morgan fingerprint density at radius 3 is 1.95 bits per heavy atom. The SMILES string of the molecule is COC(=O)c1ccc(-c2cc(-c3ccc(OC)c(OC)c3)c3cccc(N4c5ccccc5Sc5ccccc54)c3n2)cc1. The van der Waals surface area contributed by atoms with Gasteiger partial charge < -0.3 is 19.1 Å². The molecular formula is C37H28N2O4S. The molecule has 216 valence electrons. The number of esters is 1. The van der Waals surface area contributed by atoms with Gasteiger partial charge in [0.1, 0.15) is 0 Å². The maximum absolute atomic E-state index is 12.1. The third-order valence-corrected chi connectivity index (χ3v) is 8.92. The second kappa shape index (κ2) is 11.4. The average molecular weight is 597 g/mol. The van der Waals surface area contributed by atoms with Crippen LogP contribution in [0, 0.1) is 0 Å². The number of ether oxygens (including phenoxy) is 3. The second-order valence-electron chi connectivity index (χ2n) is 10.2. The first-order valence-electron chi connectivity index (χ1n) is 14.1. The molecule has 0 bridgehead atoms. The van der Waals surface area contributed by atoms with Crippen molar-refractivity contribution in [1.29, 1.82) is 0 Å². The van der Waals surface area contributed by atoms with Crippen molar-refractivity contribution in [1.82, 2.24) is 4.98 Å². The summed E-state index contributed by atoms with van der Waals surface area (Å²) in [5.41, 5.74) is 8.13. The third kappa shape index (κ3) is 4.71. The molecule has 0 spiro atoms. The predicted molar refractivity (Wildman–Crippen MR) is 176 cm³/mol. The summed E-state index contributed by atoms with van der Waals surface area (Å²) in [5.74, 6) is 0.926. The first-order valence-corrected chi connectivity index (χ1v) is 14.9. The van der Waals surface area contributed by atoms with Gasteiger partial charge in [0.25, 0.3) is 0 Å². The van der Waals surface area contributed by atoms with Gasteiger partial charge in [-0.25, -0.2) is 9.78 Å². The smallest absolute Gasteiger partial charge is 0.337 e. The Balaban J connectivity index is 1.51. The lowest BCUT2D eigenvalue weighted by molar-refractivity contribution is 0.0600. The van der Waals surface area contributed by atoms with Crippen molar-refractivity contribution in [3.8, 4) is 33.9 Å². The fraction of sp³-hybridized carbons (Fsp3) is 0.0811. The molecule has 0 saturated carbocycles. The molecule has 0 saturated heterocycles. The van der Waals surface area contributed by atoms with Crippen LogP contribution in [0.15, 0.2) is 125 Å². The number of carbonyl (C=O) groups is 1. The van der Waals surface area contributed by atoms with Gasteiger partial charge in [-0.05, 0) is 71.8 Å². The largest absolute Gasteiger partial charge is 0.493 e. The molecule has 0 unspecified atom stereocenters. The number of pyridine rings is 1. The first-order chi connectivity index (χ1) is 21.6. The molecule has 2 heterocycles. The Kier molecular flexibility index (Phi) is 7.16. The Morgan fingerprint density at radius 1 is 0.659 bits per heavy atom. The van der Waals surface area contributed by atoms with Crippen LogP contribution < -0.4 is 14.4 Å². The standard InChI is InChI=1S/C37H28N2O4S/c1-41-32-20-19-25(21-33(32)42-2)27-22-28(23-15-17-24(18-16-23)37(40)43-3)38-36-26(27)9-8-12-31(36)39-29-10-4-6-13-34(29)44-35-14-7-5-11-30(35)39/h4-22H,1-3H3. The van der Waals surface area contributed by atoms with Crippen LogP contribution >= 0.6 is 11.8 Å². The highest BCUT2D eigenvalue weighted by molar-refractivity contribution is 7.99. The zero-order chi connectivity index (χ0) is 30.2. The maximum atomic E-state index is 12.1. The Bertz CT molecular complexity index is 2000. The molecule has 6 nitrogen and oxygen atoms in total. The molecule has 0 fully saturated rings. The summed E-state index contributed by atoms with van der Waals surface area (Å²) < 4.78 is 16.1. The molecule has 6 aromatic rings. The van der Waals surface area contributed by atoms with Crippen LogP contribution in [0.25, 0.3) is 33.3 Å². The number of aromatic nitrogens is 1. The summed E-state index contributed by atoms with van der Waals surface area (Å²) in [6.45, 7) is 0. The van der Waals surface area contributed by atoms with Crippen molar-refractivity contribution < 1.29 is 19.0 Å². The lowest BCUT2D eigenvalue weighted by atomic mass is 9.96. The molecular weight excluding hydrogens is 568 g/mol. The second-order valence-corrected chi connectivity index (χ2v) is 11.3. The van der Waals surface area contributed by atoms with Crippen molar-refractivity contribution in [3.05, 3.63) is 121 Å². The van der Waals surface area contributed by atoms with Gasteiger partial charge in [-0.2, -0.15) is 0 Å². The quantitative estimate of drug-likeness (QED) is 0.177. The summed E-state index contributed by atoms with van der Waals surface area (Å²) in [7, 11) is 4.66. The van der Waals surface area contributed by atoms with Crippen LogP contribution in [-0.4, -0.2) is 32.3 Å². The number of hydrogen-bond acceptors (Lipinski definition) is 7. The fourth-order valence-electron chi connectivity index (χ4n) is 5.66. The van der Waals surface area contributed by atoms with Crippen molar-refractivity contribution >= 4 is 45.7 Å². The number of methoxy groups -OCH3 is 3. The molecule has 1 aliphatic rings. The number of anilines is 3. The molecule has 1 aromatic heterocycles. The lowest BCUT2D eigenvalue weighted by Gasteiger charge is -2.33. The topological polar surface area (TPSA) is 60.9 Å². The van der Waals surface area contributed by atoms with Gasteiger partial charge >= 0.3 is 5.97 Å². The van der Waals surface area contributed by atoms with Crippen LogP contribution in [0.3, 0.4) is 0 Å². The number of rotatable bonds is 6. The fourth-order valence-corrected chi connectivity index (χ4v) is 6.72. The lowest BCUT2D eigenvalue weighted by Crippen LogP contribution is -2.15. The highest BCUT2D eigenvalue weighted by Gasteiger charge is 2.27. The van der Waals surface area contributed by atoms with Crippen LogP contribution in [0.2, 0.25) is 0 Å². The molecule has 0 aliphatic carbocycles. The van der Waals surface area contributed by atoms with E-state index in [1.54, 1.807) is 38.1 Å². The molecule has 0 N–H and O–H groups in total. The van der Waals surface area contributed by atoms with E-state index < -0.39 is 0 Å². The van der Waals surface area contributed by atoms with E-state index in [2.05, 4.69) is 77.7 Å². The van der Waals surface area contributed by atoms with E-state index in [0.717, 1.165) is 50.3 Å². The summed E-state index contributed by atoms with van der Waals surface area (Å²) in [5, 5.41) is 0.998. The number of para-hydroxylation sites is 3. The van der Waals surface area contributed by atoms with Gasteiger partial charge in [0.2, 0.25) is 0 Å². The minimum atomic E-state index is -0.378. The van der Waals surface area contributed by atoms with E-state index in [-0.39, 0.29) is 5.97 Å². The van der Waals surface area contributed by atoms with E-state index in [1.807, 2.05) is 30.3 Å². The predicted octanol–water partition coefficient (Wildman–Crippen LogP) is 9.31. The molecule has 5 aromatic carbocycles. The molecule has 0 atom stereocenters. The normalized spacial score (nSPS) is 11.9. The summed E-state index contributed by atoms with van der Waals surface area (Å²) in [6.07, 6.45) is 0. The van der Waals surface area contributed by atoms with Crippen molar-refractivity contribution in [3.63, 3.8) is 0 Å². The molecule has 0 amide bonds. The third-order valence-electron chi connectivity index (χ3n) is 7.79. The van der Waals surface area contributed by atoms with Crippen LogP contribution in [0.4, 0.5) is 17.1 Å². The summed E-state index contributed by atoms with van der Waals surface area (Å²) >= 11 is 1.77. The zero-order valence-corrected chi connectivity index (χ0v) is 25.2. The van der Waals surface area contributed by atoms with Gasteiger partial charge in [0.15, 0.2) is 11.5 Å². The number of nitrogens with zero attached hydrogens (tertiary/aromatic N) is 2. The average Bonchev–Trinajstić information content (AvgIpc) is 3.09. The van der Waals surface area contributed by atoms with Gasteiger partial charge in [-0.3, -0.25) is 0 Å². The van der Waals surface area contributed by atoms with E-state index in [0.29, 0.717) is 17.1 Å². The minimum absolute atomic E-state index is 0.378. The van der Waals surface area contributed by atoms with Crippen LogP contribution in [0.1, 0.15) is 10.4 Å². The van der Waals surface area contributed by atoms with Crippen molar-refractivity contribution in [2.45, 2.75) is 9.79 Å². The maximum Gasteiger partial charge on any atom is 0.337 e. The highest BCUT2D eigenvalue weighted by Crippen LogP contribution is 2.52. The first kappa shape index (κ1) is 27.6. The molecule has 7 heteroatoms. The minimum Gasteiger partial charge on any atom is -0.493 e. The summed E-state index contributed by atoms with van der Waals surface area (Å²) in [4.78, 5) is 22.1. The van der Waals surface area contributed by atoms with Crippen LogP contribution in [-0.2, 0) is 4.74 Å². The molecule has 7 rings (SSSR count). The number of fused-ring (bicyclic) bond motifs is 3. The van der Waals surface area contributed by atoms with E-state index in [4.69, 9.17) is 19.2 Å². The van der Waals surface area contributed by atoms with Gasteiger partial charge in [-0.1, -0.05) is 66.4 Å². The molecule has 44 heavy (non-hydrogen) atoms. The van der Waals surface area contributed by atoms with E-state index in [1.165, 1.54) is 16.9 Å². The van der Waals surface area contributed by atoms with Gasteiger partial charge in [0.05, 0.1) is 55.2 Å². The van der Waals surface area contributed by atoms with Crippen molar-refractivity contribution in [2.24, 2.45) is 0 Å². The monoisotopic (exact) mass is 596 g/mol. The number of benzene rings is 5. The van der Waals surface area contributed by atoms with E-state index >= 15 is 0 Å². The van der Waals surface area contributed by atoms with Crippen LogP contribution in [0.5, 0.6) is 11.5 Å². The van der Waals surface area contributed by atoms with Crippen molar-refractivity contribution in [2.75, 3.05) is 26.2 Å². The summed E-state index contributed by atoms with van der Waals surface area (Å²) in [6, 6.07) is 38.6. The number of hydrogen-bond donors (Lipinski definition) is 0. The Morgan fingerprint density at radius 2 is 1.30 bits per heavy atom. The highest BCUT2D eigenvalue weighted by atomic mass is 32.2. The van der Waals surface area contributed by atoms with Gasteiger partial charge in [0, 0.05) is 20.7 Å². The number of carbonyl (C=O) groups excluding carboxylic acids is 1. The van der Waals surface area contributed by atoms with Gasteiger partial charge in [-0.15, -0.1) is 0 Å².